The van der Waals surface area contributed by atoms with Crippen LogP contribution in [0, 0.1) is 0 Å². The lowest BCUT2D eigenvalue weighted by molar-refractivity contribution is -0.212. The Morgan fingerprint density at radius 1 is 0.516 bits per heavy atom. The second kappa shape index (κ2) is 13.2. The van der Waals surface area contributed by atoms with E-state index in [2.05, 4.69) is 0 Å². The molecule has 0 bridgehead atoms. The summed E-state index contributed by atoms with van der Waals surface area (Å²) in [7, 11) is 0. The lowest BCUT2D eigenvalue weighted by Crippen LogP contribution is -2.56. The average Bonchev–Trinajstić information content (AvgIpc) is 2.58. The summed E-state index contributed by atoms with van der Waals surface area (Å²) in [6, 6.07) is 0. The molecular formula is C19H28O12. The lowest BCUT2D eigenvalue weighted by atomic mass is 9.98. The van der Waals surface area contributed by atoms with Crippen LogP contribution in [0.3, 0.4) is 0 Å². The van der Waals surface area contributed by atoms with Gasteiger partial charge >= 0.3 is 35.8 Å². The van der Waals surface area contributed by atoms with Crippen molar-refractivity contribution in [2.75, 3.05) is 6.61 Å². The molecule has 176 valence electrons. The van der Waals surface area contributed by atoms with Crippen molar-refractivity contribution in [3.63, 3.8) is 0 Å². The Morgan fingerprint density at radius 3 is 1.29 bits per heavy atom. The zero-order chi connectivity index (χ0) is 24.3. The summed E-state index contributed by atoms with van der Waals surface area (Å²) < 4.78 is 30.7. The lowest BCUT2D eigenvalue weighted by Gasteiger charge is -2.37. The Kier molecular flexibility index (Phi) is 11.8. The highest BCUT2D eigenvalue weighted by Crippen LogP contribution is 2.23. The van der Waals surface area contributed by atoms with Crippen LogP contribution in [0.1, 0.15) is 48.5 Å². The SMILES string of the molecule is CC(=O)OCC(OC(C)=O)C(OC(C)=O)C(OC(C)=O)C(OC(C)=O)C(C)OC(C)=O. The van der Waals surface area contributed by atoms with Crippen molar-refractivity contribution in [3.05, 3.63) is 0 Å². The van der Waals surface area contributed by atoms with Gasteiger partial charge in [0.2, 0.25) is 0 Å². The van der Waals surface area contributed by atoms with E-state index in [0.29, 0.717) is 0 Å². The summed E-state index contributed by atoms with van der Waals surface area (Å²) in [5.41, 5.74) is 0. The van der Waals surface area contributed by atoms with Gasteiger partial charge in [-0.1, -0.05) is 0 Å². The molecule has 31 heavy (non-hydrogen) atoms. The zero-order valence-corrected chi connectivity index (χ0v) is 18.5. The Bertz CT molecular complexity index is 685. The van der Waals surface area contributed by atoms with Crippen molar-refractivity contribution in [3.8, 4) is 0 Å². The average molecular weight is 448 g/mol. The zero-order valence-electron chi connectivity index (χ0n) is 18.5. The Hall–Kier alpha value is -3.18. The van der Waals surface area contributed by atoms with Crippen LogP contribution < -0.4 is 0 Å². The van der Waals surface area contributed by atoms with Crippen LogP contribution in [0.2, 0.25) is 0 Å². The second-order valence-electron chi connectivity index (χ2n) is 6.49. The normalized spacial score (nSPS) is 15.2. The van der Waals surface area contributed by atoms with Crippen LogP contribution in [0.4, 0.5) is 0 Å². The minimum absolute atomic E-state index is 0.570. The summed E-state index contributed by atoms with van der Waals surface area (Å²) >= 11 is 0. The molecule has 0 amide bonds. The van der Waals surface area contributed by atoms with Crippen LogP contribution in [-0.4, -0.2) is 72.9 Å². The van der Waals surface area contributed by atoms with Crippen molar-refractivity contribution >= 4 is 35.8 Å². The van der Waals surface area contributed by atoms with E-state index in [1.165, 1.54) is 6.92 Å². The van der Waals surface area contributed by atoms with E-state index in [0.717, 1.165) is 41.5 Å². The van der Waals surface area contributed by atoms with Crippen molar-refractivity contribution < 1.29 is 57.2 Å². The van der Waals surface area contributed by atoms with Crippen molar-refractivity contribution in [2.24, 2.45) is 0 Å². The summed E-state index contributed by atoms with van der Waals surface area (Å²) in [5.74, 6) is -4.86. The fourth-order valence-electron chi connectivity index (χ4n) is 2.62. The fraction of sp³-hybridized carbons (Fsp3) is 0.684. The molecule has 5 atom stereocenters. The van der Waals surface area contributed by atoms with Gasteiger partial charge in [0.1, 0.15) is 12.7 Å². The summed E-state index contributed by atoms with van der Waals surface area (Å²) in [6.07, 6.45) is -7.27. The molecule has 0 aromatic rings. The van der Waals surface area contributed by atoms with Gasteiger partial charge in [0, 0.05) is 41.5 Å². The molecule has 0 rings (SSSR count). The van der Waals surface area contributed by atoms with Crippen LogP contribution >= 0.6 is 0 Å². The second-order valence-corrected chi connectivity index (χ2v) is 6.49. The van der Waals surface area contributed by atoms with Gasteiger partial charge < -0.3 is 28.4 Å². The van der Waals surface area contributed by atoms with E-state index in [9.17, 15) is 28.8 Å². The Balaban J connectivity index is 6.40. The quantitative estimate of drug-likeness (QED) is 0.313. The standard InChI is InChI=1S/C19H28O12/c1-9(27-11(3)21)17(29-13(5)23)19(31-15(7)25)18(30-14(6)24)16(28-12(4)22)8-26-10(2)20/h9,16-19H,8H2,1-7H3. The molecule has 0 aromatic heterocycles. The first-order valence-electron chi connectivity index (χ1n) is 9.24. The minimum Gasteiger partial charge on any atom is -0.462 e. The van der Waals surface area contributed by atoms with Crippen LogP contribution in [0.25, 0.3) is 0 Å². The molecule has 0 aliphatic rings. The largest absolute Gasteiger partial charge is 0.462 e. The molecule has 12 heteroatoms. The fourth-order valence-corrected chi connectivity index (χ4v) is 2.62. The maximum Gasteiger partial charge on any atom is 0.303 e. The maximum atomic E-state index is 11.8. The first-order chi connectivity index (χ1) is 14.2. The molecule has 12 nitrogen and oxygen atoms in total. The number of hydrogen-bond acceptors (Lipinski definition) is 12. The predicted molar refractivity (Wildman–Crippen MR) is 100 cm³/mol. The summed E-state index contributed by atoms with van der Waals surface area (Å²) in [4.78, 5) is 69.5. The molecule has 0 aromatic carbocycles. The van der Waals surface area contributed by atoms with Gasteiger partial charge in [0.15, 0.2) is 24.4 Å². The first-order valence-corrected chi connectivity index (χ1v) is 9.24. The van der Waals surface area contributed by atoms with E-state index in [1.807, 2.05) is 0 Å². The Morgan fingerprint density at radius 2 is 0.903 bits per heavy atom. The third-order valence-electron chi connectivity index (χ3n) is 3.50. The van der Waals surface area contributed by atoms with Gasteiger partial charge in [-0.3, -0.25) is 28.8 Å². The highest BCUT2D eigenvalue weighted by Gasteiger charge is 2.46. The van der Waals surface area contributed by atoms with Crippen molar-refractivity contribution in [2.45, 2.75) is 79.0 Å². The molecule has 0 saturated carbocycles. The molecule has 0 radical (unpaired) electrons. The summed E-state index contributed by atoms with van der Waals surface area (Å²) in [5, 5.41) is 0. The number of rotatable bonds is 11. The maximum absolute atomic E-state index is 11.8. The van der Waals surface area contributed by atoms with E-state index >= 15 is 0 Å². The van der Waals surface area contributed by atoms with E-state index < -0.39 is 72.9 Å². The van der Waals surface area contributed by atoms with Gasteiger partial charge in [-0.15, -0.1) is 0 Å². The van der Waals surface area contributed by atoms with Gasteiger partial charge in [-0.25, -0.2) is 0 Å². The number of esters is 6. The Labute approximate surface area is 179 Å². The van der Waals surface area contributed by atoms with Crippen LogP contribution in [0.15, 0.2) is 0 Å². The molecule has 0 heterocycles. The van der Waals surface area contributed by atoms with Crippen molar-refractivity contribution in [1.29, 1.82) is 0 Å². The van der Waals surface area contributed by atoms with Crippen molar-refractivity contribution in [1.82, 2.24) is 0 Å². The highest BCUT2D eigenvalue weighted by atomic mass is 16.6. The molecule has 0 spiro atoms. The number of carbonyl (C=O) groups is 6. The predicted octanol–water partition coefficient (Wildman–Crippen LogP) is 0.228. The molecule has 0 fully saturated rings. The monoisotopic (exact) mass is 448 g/mol. The summed E-state index contributed by atoms with van der Waals surface area (Å²) in [6.45, 7) is 7.16. The highest BCUT2D eigenvalue weighted by molar-refractivity contribution is 5.70. The third-order valence-corrected chi connectivity index (χ3v) is 3.50. The molecule has 5 unspecified atom stereocenters. The number of carbonyl (C=O) groups excluding carboxylic acids is 6. The number of hydrogen-bond donors (Lipinski definition) is 0. The van der Waals surface area contributed by atoms with E-state index in [-0.39, 0.29) is 0 Å². The minimum atomic E-state index is -1.60. The first kappa shape index (κ1) is 27.8. The topological polar surface area (TPSA) is 158 Å². The van der Waals surface area contributed by atoms with E-state index in [1.54, 1.807) is 0 Å². The van der Waals surface area contributed by atoms with Crippen LogP contribution in [-0.2, 0) is 57.2 Å². The van der Waals surface area contributed by atoms with Gasteiger partial charge in [-0.2, -0.15) is 0 Å². The van der Waals surface area contributed by atoms with Gasteiger partial charge in [0.05, 0.1) is 0 Å². The molecule has 0 saturated heterocycles. The third kappa shape index (κ3) is 11.6. The molecular weight excluding hydrogens is 420 g/mol. The van der Waals surface area contributed by atoms with Crippen LogP contribution in [0.5, 0.6) is 0 Å². The molecule has 0 aliphatic heterocycles. The van der Waals surface area contributed by atoms with E-state index in [4.69, 9.17) is 28.4 Å². The molecule has 0 aliphatic carbocycles. The number of ether oxygens (including phenoxy) is 6. The van der Waals surface area contributed by atoms with Gasteiger partial charge in [-0.05, 0) is 6.92 Å². The smallest absolute Gasteiger partial charge is 0.303 e. The molecule has 0 N–H and O–H groups in total. The van der Waals surface area contributed by atoms with Gasteiger partial charge in [0.25, 0.3) is 0 Å².